The van der Waals surface area contributed by atoms with E-state index in [9.17, 15) is 9.59 Å². The molecule has 0 saturated heterocycles. The van der Waals surface area contributed by atoms with Crippen molar-refractivity contribution in [2.75, 3.05) is 5.32 Å². The highest BCUT2D eigenvalue weighted by molar-refractivity contribution is 5.93. The van der Waals surface area contributed by atoms with Gasteiger partial charge in [-0.2, -0.15) is 4.80 Å². The van der Waals surface area contributed by atoms with Crippen LogP contribution in [0, 0.1) is 11.8 Å². The normalized spacial score (nSPS) is 23.6. The lowest BCUT2D eigenvalue weighted by molar-refractivity contribution is -0.147. The molecule has 2 atom stereocenters. The molecule has 8 heteroatoms. The van der Waals surface area contributed by atoms with Crippen LogP contribution in [0.2, 0.25) is 0 Å². The minimum Gasteiger partial charge on any atom is -0.481 e. The van der Waals surface area contributed by atoms with Gasteiger partial charge >= 0.3 is 5.97 Å². The van der Waals surface area contributed by atoms with Gasteiger partial charge in [0.2, 0.25) is 5.91 Å². The number of aryl methyl sites for hydroxylation is 1. The molecule has 1 aliphatic carbocycles. The van der Waals surface area contributed by atoms with Crippen molar-refractivity contribution in [2.45, 2.75) is 25.7 Å². The van der Waals surface area contributed by atoms with Crippen LogP contribution in [0.15, 0.2) is 0 Å². The molecule has 0 unspecified atom stereocenters. The van der Waals surface area contributed by atoms with Crippen LogP contribution >= 0.6 is 0 Å². The van der Waals surface area contributed by atoms with Gasteiger partial charge in [0.25, 0.3) is 5.95 Å². The van der Waals surface area contributed by atoms with Crippen molar-refractivity contribution < 1.29 is 14.7 Å². The van der Waals surface area contributed by atoms with Crippen LogP contribution in [0.4, 0.5) is 5.95 Å². The van der Waals surface area contributed by atoms with Gasteiger partial charge in [-0.3, -0.25) is 14.9 Å². The first-order chi connectivity index (χ1) is 8.58. The van der Waals surface area contributed by atoms with Gasteiger partial charge in [0.15, 0.2) is 0 Å². The fourth-order valence-corrected chi connectivity index (χ4v) is 2.28. The van der Waals surface area contributed by atoms with E-state index in [1.165, 1.54) is 4.80 Å². The molecule has 0 spiro atoms. The first-order valence-electron chi connectivity index (χ1n) is 5.85. The van der Waals surface area contributed by atoms with E-state index in [1.807, 2.05) is 0 Å². The second kappa shape index (κ2) is 5.11. The van der Waals surface area contributed by atoms with E-state index in [2.05, 4.69) is 20.7 Å². The predicted molar refractivity (Wildman–Crippen MR) is 60.5 cm³/mol. The lowest BCUT2D eigenvalue weighted by Gasteiger charge is -2.26. The molecule has 0 bridgehead atoms. The molecule has 98 valence electrons. The number of carboxylic acid groups (broad SMARTS) is 1. The highest BCUT2D eigenvalue weighted by atomic mass is 16.4. The Kier molecular flexibility index (Phi) is 3.54. The maximum absolute atomic E-state index is 12.0. The molecule has 1 aliphatic rings. The molecule has 2 rings (SSSR count). The average Bonchev–Trinajstić information content (AvgIpc) is 2.74. The Morgan fingerprint density at radius 2 is 2.00 bits per heavy atom. The third-order valence-electron chi connectivity index (χ3n) is 3.16. The van der Waals surface area contributed by atoms with Gasteiger partial charge in [-0.05, 0) is 18.1 Å². The van der Waals surface area contributed by atoms with E-state index < -0.39 is 17.8 Å². The summed E-state index contributed by atoms with van der Waals surface area (Å²) in [5, 5.41) is 22.7. The third-order valence-corrected chi connectivity index (χ3v) is 3.16. The number of anilines is 1. The molecule has 2 N–H and O–H groups in total. The Bertz CT molecular complexity index is 458. The van der Waals surface area contributed by atoms with Crippen LogP contribution in [-0.4, -0.2) is 37.2 Å². The van der Waals surface area contributed by atoms with Crippen molar-refractivity contribution in [3.8, 4) is 0 Å². The molecule has 1 aromatic rings. The van der Waals surface area contributed by atoms with Crippen molar-refractivity contribution in [1.82, 2.24) is 20.2 Å². The Labute approximate surface area is 103 Å². The van der Waals surface area contributed by atoms with Gasteiger partial charge in [0.05, 0.1) is 18.9 Å². The zero-order valence-corrected chi connectivity index (χ0v) is 10.0. The number of tetrazole rings is 1. The number of carbonyl (C=O) groups is 2. The van der Waals surface area contributed by atoms with Crippen LogP contribution in [0.25, 0.3) is 0 Å². The van der Waals surface area contributed by atoms with E-state index in [0.717, 1.165) is 12.8 Å². The maximum Gasteiger partial charge on any atom is 0.307 e. The van der Waals surface area contributed by atoms with Crippen molar-refractivity contribution in [3.63, 3.8) is 0 Å². The Morgan fingerprint density at radius 3 is 2.56 bits per heavy atom. The van der Waals surface area contributed by atoms with Crippen LogP contribution in [0.1, 0.15) is 25.7 Å². The lowest BCUT2D eigenvalue weighted by atomic mass is 9.79. The third kappa shape index (κ3) is 2.63. The zero-order valence-electron chi connectivity index (χ0n) is 10.0. The summed E-state index contributed by atoms with van der Waals surface area (Å²) in [5.74, 6) is -2.27. The number of hydrogen-bond acceptors (Lipinski definition) is 5. The number of carboxylic acids is 1. The SMILES string of the molecule is Cn1nnc(NC(=O)[C@@H]2CCCC[C@@H]2C(=O)O)n1. The minimum absolute atomic E-state index is 0.109. The summed E-state index contributed by atoms with van der Waals surface area (Å²) in [6.07, 6.45) is 2.85. The fourth-order valence-electron chi connectivity index (χ4n) is 2.28. The van der Waals surface area contributed by atoms with Crippen molar-refractivity contribution in [1.29, 1.82) is 0 Å². The summed E-state index contributed by atoms with van der Waals surface area (Å²) in [7, 11) is 1.59. The first-order valence-corrected chi connectivity index (χ1v) is 5.85. The summed E-state index contributed by atoms with van der Waals surface area (Å²) in [5.41, 5.74) is 0. The second-order valence-electron chi connectivity index (χ2n) is 4.43. The number of rotatable bonds is 3. The second-order valence-corrected chi connectivity index (χ2v) is 4.43. The van der Waals surface area contributed by atoms with E-state index >= 15 is 0 Å². The lowest BCUT2D eigenvalue weighted by Crippen LogP contribution is -2.36. The van der Waals surface area contributed by atoms with Crippen LogP contribution < -0.4 is 5.32 Å². The molecule has 0 radical (unpaired) electrons. The van der Waals surface area contributed by atoms with Crippen molar-refractivity contribution in [2.24, 2.45) is 18.9 Å². The molecular weight excluding hydrogens is 238 g/mol. The van der Waals surface area contributed by atoms with E-state index in [-0.39, 0.29) is 11.9 Å². The molecule has 18 heavy (non-hydrogen) atoms. The molecule has 1 heterocycles. The molecule has 0 aliphatic heterocycles. The van der Waals surface area contributed by atoms with Crippen LogP contribution in [-0.2, 0) is 16.6 Å². The van der Waals surface area contributed by atoms with Gasteiger partial charge in [-0.1, -0.05) is 17.9 Å². The predicted octanol–water partition coefficient (Wildman–Crippen LogP) is 0.0396. The molecular formula is C10H15N5O3. The fraction of sp³-hybridized carbons (Fsp3) is 0.700. The monoisotopic (exact) mass is 253 g/mol. The van der Waals surface area contributed by atoms with E-state index in [4.69, 9.17) is 5.11 Å². The topological polar surface area (TPSA) is 110 Å². The Hall–Kier alpha value is -1.99. The Balaban J connectivity index is 2.04. The molecule has 0 aromatic carbocycles. The van der Waals surface area contributed by atoms with E-state index in [1.54, 1.807) is 7.05 Å². The summed E-state index contributed by atoms with van der Waals surface area (Å²) in [6.45, 7) is 0. The van der Waals surface area contributed by atoms with E-state index in [0.29, 0.717) is 12.8 Å². The van der Waals surface area contributed by atoms with Crippen LogP contribution in [0.5, 0.6) is 0 Å². The van der Waals surface area contributed by atoms with Gasteiger partial charge in [0, 0.05) is 0 Å². The minimum atomic E-state index is -0.915. The number of nitrogens with zero attached hydrogens (tertiary/aromatic N) is 4. The van der Waals surface area contributed by atoms with Crippen molar-refractivity contribution >= 4 is 17.8 Å². The largest absolute Gasteiger partial charge is 0.481 e. The number of hydrogen-bond donors (Lipinski definition) is 2. The average molecular weight is 253 g/mol. The molecule has 1 fully saturated rings. The highest BCUT2D eigenvalue weighted by Gasteiger charge is 2.36. The highest BCUT2D eigenvalue weighted by Crippen LogP contribution is 2.30. The number of aromatic nitrogens is 4. The summed E-state index contributed by atoms with van der Waals surface area (Å²) >= 11 is 0. The first kappa shape index (κ1) is 12.5. The zero-order chi connectivity index (χ0) is 13.1. The molecule has 1 aromatic heterocycles. The van der Waals surface area contributed by atoms with Gasteiger partial charge < -0.3 is 5.11 Å². The molecule has 1 saturated carbocycles. The number of aliphatic carboxylic acids is 1. The summed E-state index contributed by atoms with van der Waals surface area (Å²) in [4.78, 5) is 24.3. The quantitative estimate of drug-likeness (QED) is 0.787. The molecule has 1 amide bonds. The summed E-state index contributed by atoms with van der Waals surface area (Å²) in [6, 6.07) is 0. The van der Waals surface area contributed by atoms with Gasteiger partial charge in [-0.25, -0.2) is 0 Å². The number of amides is 1. The van der Waals surface area contributed by atoms with Gasteiger partial charge in [-0.15, -0.1) is 5.10 Å². The van der Waals surface area contributed by atoms with Gasteiger partial charge in [0.1, 0.15) is 0 Å². The Morgan fingerprint density at radius 1 is 1.33 bits per heavy atom. The molecule has 8 nitrogen and oxygen atoms in total. The van der Waals surface area contributed by atoms with Crippen LogP contribution in [0.3, 0.4) is 0 Å². The maximum atomic E-state index is 12.0. The standard InChI is InChI=1S/C10H15N5O3/c1-15-13-10(12-14-15)11-8(16)6-4-2-3-5-7(6)9(17)18/h6-7H,2-5H2,1H3,(H,17,18)(H,11,13,16)/t6-,7+/m1/s1. The van der Waals surface area contributed by atoms with Crippen molar-refractivity contribution in [3.05, 3.63) is 0 Å². The smallest absolute Gasteiger partial charge is 0.307 e. The number of carbonyl (C=O) groups excluding carboxylic acids is 1. The number of nitrogens with one attached hydrogen (secondary N) is 1. The summed E-state index contributed by atoms with van der Waals surface area (Å²) < 4.78 is 0.